The van der Waals surface area contributed by atoms with Crippen LogP contribution < -0.4 is 4.72 Å². The molecule has 8 nitrogen and oxygen atoms in total. The van der Waals surface area contributed by atoms with Gasteiger partial charge in [-0.05, 0) is 20.3 Å². The Morgan fingerprint density at radius 1 is 1.33 bits per heavy atom. The fourth-order valence-corrected chi connectivity index (χ4v) is 3.56. The number of carbonyl (C=O) groups excluding carboxylic acids is 1. The van der Waals surface area contributed by atoms with Crippen molar-refractivity contribution < 1.29 is 32.3 Å². The minimum Gasteiger partial charge on any atom is -0.480 e. The maximum absolute atomic E-state index is 12.3. The van der Waals surface area contributed by atoms with E-state index < -0.39 is 32.9 Å². The number of methoxy groups -OCH3 is 1. The van der Waals surface area contributed by atoms with Crippen LogP contribution in [0.3, 0.4) is 0 Å². The summed E-state index contributed by atoms with van der Waals surface area (Å²) in [5.74, 6) is -2.10. The third kappa shape index (κ3) is 3.42. The van der Waals surface area contributed by atoms with Crippen LogP contribution in [-0.4, -0.2) is 38.6 Å². The van der Waals surface area contributed by atoms with E-state index in [0.717, 1.165) is 7.11 Å². The second-order valence-electron chi connectivity index (χ2n) is 4.33. The van der Waals surface area contributed by atoms with Crippen molar-refractivity contribution in [3.63, 3.8) is 0 Å². The summed E-state index contributed by atoms with van der Waals surface area (Å²) in [7, 11) is -3.13. The molecule has 1 heterocycles. The van der Waals surface area contributed by atoms with Crippen molar-refractivity contribution in [2.24, 2.45) is 0 Å². The van der Waals surface area contributed by atoms with E-state index >= 15 is 0 Å². The summed E-state index contributed by atoms with van der Waals surface area (Å²) in [6, 6.07) is -1.30. The Bertz CT molecular complexity index is 659. The number of carboxylic acid groups (broad SMARTS) is 1. The zero-order chi connectivity index (χ0) is 16.4. The lowest BCUT2D eigenvalue weighted by molar-refractivity contribution is -0.139. The van der Waals surface area contributed by atoms with E-state index in [0.29, 0.717) is 0 Å². The Labute approximate surface area is 122 Å². The second-order valence-corrected chi connectivity index (χ2v) is 5.98. The molecule has 1 rings (SSSR count). The van der Waals surface area contributed by atoms with Crippen LogP contribution in [0.2, 0.25) is 0 Å². The number of hydrogen-bond acceptors (Lipinski definition) is 6. The molecule has 9 heteroatoms. The smallest absolute Gasteiger partial charge is 0.342 e. The predicted molar refractivity (Wildman–Crippen MR) is 71.6 cm³/mol. The molecule has 0 aliphatic heterocycles. The van der Waals surface area contributed by atoms with E-state index in [1.807, 2.05) is 4.72 Å². The molecule has 1 aromatic heterocycles. The van der Waals surface area contributed by atoms with E-state index in [-0.39, 0.29) is 23.5 Å². The third-order valence-corrected chi connectivity index (χ3v) is 4.49. The largest absolute Gasteiger partial charge is 0.480 e. The average Bonchev–Trinajstić information content (AvgIpc) is 2.70. The summed E-state index contributed by atoms with van der Waals surface area (Å²) in [6.45, 7) is 4.32. The normalized spacial score (nSPS) is 13.0. The molecule has 0 aromatic carbocycles. The highest BCUT2D eigenvalue weighted by atomic mass is 32.2. The highest BCUT2D eigenvalue weighted by molar-refractivity contribution is 7.89. The molecule has 0 unspecified atom stereocenters. The van der Waals surface area contributed by atoms with Crippen LogP contribution in [0.15, 0.2) is 9.31 Å². The topological polar surface area (TPSA) is 123 Å². The van der Waals surface area contributed by atoms with Gasteiger partial charge >= 0.3 is 11.9 Å². The molecule has 0 saturated carbocycles. The Kier molecular flexibility index (Phi) is 5.13. The quantitative estimate of drug-likeness (QED) is 0.744. The summed E-state index contributed by atoms with van der Waals surface area (Å²) >= 11 is 0. The molecule has 118 valence electrons. The minimum atomic E-state index is -4.24. The van der Waals surface area contributed by atoms with Crippen LogP contribution in [0, 0.1) is 13.8 Å². The van der Waals surface area contributed by atoms with Crippen molar-refractivity contribution in [2.45, 2.75) is 38.1 Å². The van der Waals surface area contributed by atoms with Gasteiger partial charge in [0.15, 0.2) is 0 Å². The minimum absolute atomic E-state index is 0.0133. The van der Waals surface area contributed by atoms with Gasteiger partial charge in [-0.15, -0.1) is 0 Å². The molecule has 0 aliphatic carbocycles. The van der Waals surface area contributed by atoms with Gasteiger partial charge in [0.2, 0.25) is 10.0 Å². The number of aliphatic carboxylic acids is 1. The van der Waals surface area contributed by atoms with E-state index in [1.54, 1.807) is 0 Å². The Morgan fingerprint density at radius 2 is 1.90 bits per heavy atom. The van der Waals surface area contributed by atoms with Crippen molar-refractivity contribution in [1.29, 1.82) is 0 Å². The molecule has 0 saturated heterocycles. The van der Waals surface area contributed by atoms with E-state index in [4.69, 9.17) is 9.52 Å². The zero-order valence-electron chi connectivity index (χ0n) is 12.1. The van der Waals surface area contributed by atoms with Gasteiger partial charge in [0.25, 0.3) is 0 Å². The summed E-state index contributed by atoms with van der Waals surface area (Å²) < 4.78 is 36.4. The molecule has 0 aliphatic rings. The van der Waals surface area contributed by atoms with Gasteiger partial charge in [-0.3, -0.25) is 4.79 Å². The number of nitrogens with one attached hydrogen (secondary N) is 1. The molecule has 0 bridgehead atoms. The zero-order valence-corrected chi connectivity index (χ0v) is 12.9. The first kappa shape index (κ1) is 17.2. The molecule has 2 N–H and O–H groups in total. The first-order valence-corrected chi connectivity index (χ1v) is 7.57. The van der Waals surface area contributed by atoms with E-state index in [1.165, 1.54) is 20.8 Å². The lowest BCUT2D eigenvalue weighted by Gasteiger charge is -2.13. The fourth-order valence-electron chi connectivity index (χ4n) is 1.88. The number of furan rings is 1. The van der Waals surface area contributed by atoms with Gasteiger partial charge in [0.05, 0.1) is 7.11 Å². The number of hydrogen-bond donors (Lipinski definition) is 2. The third-order valence-electron chi connectivity index (χ3n) is 2.87. The van der Waals surface area contributed by atoms with Crippen LogP contribution in [-0.2, 0) is 19.6 Å². The summed E-state index contributed by atoms with van der Waals surface area (Å²) in [4.78, 5) is 22.3. The van der Waals surface area contributed by atoms with Crippen molar-refractivity contribution in [3.8, 4) is 0 Å². The van der Waals surface area contributed by atoms with Crippen molar-refractivity contribution in [2.75, 3.05) is 7.11 Å². The molecule has 1 aromatic rings. The van der Waals surface area contributed by atoms with Crippen molar-refractivity contribution >= 4 is 22.0 Å². The van der Waals surface area contributed by atoms with Gasteiger partial charge in [-0.25, -0.2) is 13.2 Å². The molecule has 1 atom stereocenters. The Morgan fingerprint density at radius 3 is 2.33 bits per heavy atom. The van der Waals surface area contributed by atoms with Crippen LogP contribution in [0.5, 0.6) is 0 Å². The SMILES string of the molecule is CC[C@H](NS(=O)(=O)c1c(C)oc(C)c1C(=O)OC)C(=O)O. The maximum Gasteiger partial charge on any atom is 0.342 e. The van der Waals surface area contributed by atoms with Gasteiger partial charge in [-0.1, -0.05) is 6.92 Å². The summed E-state index contributed by atoms with van der Waals surface area (Å²) in [5.41, 5.74) is -0.234. The first-order chi connectivity index (χ1) is 9.65. The number of rotatable bonds is 6. The molecular weight excluding hydrogens is 302 g/mol. The fraction of sp³-hybridized carbons (Fsp3) is 0.500. The number of carboxylic acids is 1. The number of carbonyl (C=O) groups is 2. The first-order valence-electron chi connectivity index (χ1n) is 6.09. The Balaban J connectivity index is 3.38. The molecule has 0 fully saturated rings. The average molecular weight is 319 g/mol. The molecule has 0 spiro atoms. The predicted octanol–water partition coefficient (Wildman–Crippen LogP) is 0.825. The van der Waals surface area contributed by atoms with Crippen LogP contribution in [0.1, 0.15) is 35.2 Å². The van der Waals surface area contributed by atoms with Gasteiger partial charge in [0.1, 0.15) is 28.0 Å². The van der Waals surface area contributed by atoms with Crippen LogP contribution in [0.25, 0.3) is 0 Å². The standard InChI is InChI=1S/C12H17NO7S/c1-5-8(11(14)15)13-21(17,18)10-7(3)20-6(2)9(10)12(16)19-4/h8,13H,5H2,1-4H3,(H,14,15)/t8-/m0/s1. The van der Waals surface area contributed by atoms with Gasteiger partial charge in [-0.2, -0.15) is 4.72 Å². The molecular formula is C12H17NO7S. The molecule has 0 radical (unpaired) electrons. The van der Waals surface area contributed by atoms with Gasteiger partial charge < -0.3 is 14.3 Å². The van der Waals surface area contributed by atoms with Crippen molar-refractivity contribution in [3.05, 3.63) is 17.1 Å². The molecule has 21 heavy (non-hydrogen) atoms. The number of sulfonamides is 1. The van der Waals surface area contributed by atoms with Crippen LogP contribution in [0.4, 0.5) is 0 Å². The highest BCUT2D eigenvalue weighted by Crippen LogP contribution is 2.27. The lowest BCUT2D eigenvalue weighted by Crippen LogP contribution is -2.40. The van der Waals surface area contributed by atoms with E-state index in [2.05, 4.69) is 4.74 Å². The summed E-state index contributed by atoms with van der Waals surface area (Å²) in [6.07, 6.45) is 0.0536. The van der Waals surface area contributed by atoms with Gasteiger partial charge in [0, 0.05) is 0 Å². The summed E-state index contributed by atoms with van der Waals surface area (Å²) in [5, 5.41) is 8.94. The van der Waals surface area contributed by atoms with Crippen LogP contribution >= 0.6 is 0 Å². The second kappa shape index (κ2) is 6.27. The number of esters is 1. The maximum atomic E-state index is 12.3. The lowest BCUT2D eigenvalue weighted by atomic mass is 10.2. The number of ether oxygens (including phenoxy) is 1. The molecule has 0 amide bonds. The van der Waals surface area contributed by atoms with Crippen molar-refractivity contribution in [1.82, 2.24) is 4.72 Å². The monoisotopic (exact) mass is 319 g/mol. The van der Waals surface area contributed by atoms with E-state index in [9.17, 15) is 18.0 Å². The highest BCUT2D eigenvalue weighted by Gasteiger charge is 2.34. The number of aryl methyl sites for hydroxylation is 2. The Hall–Kier alpha value is -1.87.